The normalized spacial score (nSPS) is 10.4. The highest BCUT2D eigenvalue weighted by molar-refractivity contribution is 5.92. The summed E-state index contributed by atoms with van der Waals surface area (Å²) >= 11 is 0. The number of phenols is 1. The number of aromatic hydroxyl groups is 1. The van der Waals surface area contributed by atoms with Gasteiger partial charge in [0.15, 0.2) is 0 Å². The molecule has 0 saturated heterocycles. The maximum absolute atomic E-state index is 11.7. The van der Waals surface area contributed by atoms with Crippen molar-refractivity contribution in [3.05, 3.63) is 29.8 Å². The van der Waals surface area contributed by atoms with Gasteiger partial charge in [-0.15, -0.1) is 0 Å². The Hall–Kier alpha value is -1.51. The van der Waals surface area contributed by atoms with E-state index in [1.165, 1.54) is 38.2 Å². The van der Waals surface area contributed by atoms with Crippen LogP contribution in [0.2, 0.25) is 0 Å². The van der Waals surface area contributed by atoms with E-state index < -0.39 is 5.97 Å². The van der Waals surface area contributed by atoms with Gasteiger partial charge in [-0.3, -0.25) is 0 Å². The molecule has 0 aliphatic carbocycles. The highest BCUT2D eigenvalue weighted by atomic mass is 16.5. The maximum atomic E-state index is 11.7. The summed E-state index contributed by atoms with van der Waals surface area (Å²) in [5, 5.41) is 9.50. The third-order valence-corrected chi connectivity index (χ3v) is 3.11. The predicted octanol–water partition coefficient (Wildman–Crippen LogP) is 4.30. The molecule has 19 heavy (non-hydrogen) atoms. The van der Waals surface area contributed by atoms with Crippen LogP contribution in [0.25, 0.3) is 0 Å². The number of carbonyl (C=O) groups is 1. The zero-order valence-electron chi connectivity index (χ0n) is 11.7. The largest absolute Gasteiger partial charge is 0.507 e. The summed E-state index contributed by atoms with van der Waals surface area (Å²) in [6.45, 7) is 2.64. The van der Waals surface area contributed by atoms with Crippen molar-refractivity contribution in [3.63, 3.8) is 0 Å². The van der Waals surface area contributed by atoms with Crippen molar-refractivity contribution in [1.29, 1.82) is 0 Å². The van der Waals surface area contributed by atoms with Crippen LogP contribution in [0, 0.1) is 0 Å². The van der Waals surface area contributed by atoms with Gasteiger partial charge in [0.25, 0.3) is 0 Å². The minimum absolute atomic E-state index is 0.0212. The molecule has 1 N–H and O–H groups in total. The summed E-state index contributed by atoms with van der Waals surface area (Å²) < 4.78 is 5.14. The number of phenolic OH excluding ortho intramolecular Hbond substituents is 1. The lowest BCUT2D eigenvalue weighted by molar-refractivity contribution is 0.0494. The maximum Gasteiger partial charge on any atom is 0.341 e. The van der Waals surface area contributed by atoms with Gasteiger partial charge >= 0.3 is 5.97 Å². The molecule has 106 valence electrons. The molecule has 0 heterocycles. The first kappa shape index (κ1) is 15.5. The van der Waals surface area contributed by atoms with Gasteiger partial charge in [0, 0.05) is 0 Å². The molecule has 0 aromatic heterocycles. The molecule has 3 heteroatoms. The number of ether oxygens (including phenoxy) is 1. The van der Waals surface area contributed by atoms with Crippen LogP contribution in [0.4, 0.5) is 0 Å². The van der Waals surface area contributed by atoms with E-state index in [2.05, 4.69) is 6.92 Å². The molecular weight excluding hydrogens is 240 g/mol. The molecule has 0 radical (unpaired) electrons. The fourth-order valence-electron chi connectivity index (χ4n) is 1.95. The van der Waals surface area contributed by atoms with Gasteiger partial charge in [0.05, 0.1) is 6.61 Å². The second kappa shape index (κ2) is 9.42. The number of rotatable bonds is 9. The van der Waals surface area contributed by atoms with Crippen LogP contribution in [0.5, 0.6) is 5.75 Å². The number of hydrogen-bond acceptors (Lipinski definition) is 3. The summed E-state index contributed by atoms with van der Waals surface area (Å²) in [7, 11) is 0. The molecule has 0 aliphatic rings. The topological polar surface area (TPSA) is 46.5 Å². The highest BCUT2D eigenvalue weighted by Gasteiger charge is 2.10. The monoisotopic (exact) mass is 264 g/mol. The fourth-order valence-corrected chi connectivity index (χ4v) is 1.95. The fraction of sp³-hybridized carbons (Fsp3) is 0.562. The SMILES string of the molecule is CCCCCCCCCOC(=O)c1ccccc1O. The standard InChI is InChI=1S/C16H24O3/c1-2-3-4-5-6-7-10-13-19-16(18)14-11-8-9-12-15(14)17/h8-9,11-12,17H,2-7,10,13H2,1H3. The molecule has 1 aromatic carbocycles. The Morgan fingerprint density at radius 3 is 2.37 bits per heavy atom. The van der Waals surface area contributed by atoms with Crippen molar-refractivity contribution in [3.8, 4) is 5.75 Å². The third-order valence-electron chi connectivity index (χ3n) is 3.11. The van der Waals surface area contributed by atoms with Crippen molar-refractivity contribution in [2.24, 2.45) is 0 Å². The van der Waals surface area contributed by atoms with E-state index in [0.29, 0.717) is 6.61 Å². The van der Waals surface area contributed by atoms with E-state index in [9.17, 15) is 9.90 Å². The van der Waals surface area contributed by atoms with Crippen LogP contribution in [-0.2, 0) is 4.74 Å². The molecule has 0 fully saturated rings. The Morgan fingerprint density at radius 1 is 1.05 bits per heavy atom. The van der Waals surface area contributed by atoms with Crippen LogP contribution in [0.1, 0.15) is 62.2 Å². The smallest absolute Gasteiger partial charge is 0.341 e. The van der Waals surface area contributed by atoms with Crippen molar-refractivity contribution in [2.45, 2.75) is 51.9 Å². The molecule has 0 aliphatic heterocycles. The van der Waals surface area contributed by atoms with Gasteiger partial charge in [-0.2, -0.15) is 0 Å². The first-order chi connectivity index (χ1) is 9.25. The summed E-state index contributed by atoms with van der Waals surface area (Å²) in [6, 6.07) is 6.46. The van der Waals surface area contributed by atoms with Crippen LogP contribution in [0.15, 0.2) is 24.3 Å². The minimum atomic E-state index is -0.441. The quantitative estimate of drug-likeness (QED) is 0.534. The molecule has 3 nitrogen and oxygen atoms in total. The molecule has 1 aromatic rings. The van der Waals surface area contributed by atoms with Crippen molar-refractivity contribution < 1.29 is 14.6 Å². The van der Waals surface area contributed by atoms with Gasteiger partial charge in [-0.05, 0) is 18.6 Å². The lowest BCUT2D eigenvalue weighted by Gasteiger charge is -2.06. The summed E-state index contributed by atoms with van der Waals surface area (Å²) in [5.41, 5.74) is 0.241. The first-order valence-electron chi connectivity index (χ1n) is 7.20. The van der Waals surface area contributed by atoms with Crippen LogP contribution < -0.4 is 0 Å². The molecule has 1 rings (SSSR count). The lowest BCUT2D eigenvalue weighted by Crippen LogP contribution is -2.06. The summed E-state index contributed by atoms with van der Waals surface area (Å²) in [6.07, 6.45) is 8.33. The average molecular weight is 264 g/mol. The molecule has 0 unspecified atom stereocenters. The zero-order valence-corrected chi connectivity index (χ0v) is 11.7. The number of carbonyl (C=O) groups excluding carboxylic acids is 1. The first-order valence-corrected chi connectivity index (χ1v) is 7.20. The molecular formula is C16H24O3. The zero-order chi connectivity index (χ0) is 13.9. The Labute approximate surface area is 115 Å². The Bertz CT molecular complexity index is 374. The van der Waals surface area contributed by atoms with E-state index in [1.54, 1.807) is 18.2 Å². The van der Waals surface area contributed by atoms with Crippen molar-refractivity contribution in [1.82, 2.24) is 0 Å². The molecule has 0 spiro atoms. The Balaban J connectivity index is 2.10. The van der Waals surface area contributed by atoms with Crippen LogP contribution in [0.3, 0.4) is 0 Å². The highest BCUT2D eigenvalue weighted by Crippen LogP contribution is 2.16. The van der Waals surface area contributed by atoms with Crippen LogP contribution in [-0.4, -0.2) is 17.7 Å². The lowest BCUT2D eigenvalue weighted by atomic mass is 10.1. The Kier molecular flexibility index (Phi) is 7.71. The van der Waals surface area contributed by atoms with Gasteiger partial charge in [-0.1, -0.05) is 57.6 Å². The van der Waals surface area contributed by atoms with E-state index in [0.717, 1.165) is 12.8 Å². The average Bonchev–Trinajstić information content (AvgIpc) is 2.42. The predicted molar refractivity (Wildman–Crippen MR) is 76.4 cm³/mol. The molecule has 0 bridgehead atoms. The van der Waals surface area contributed by atoms with Gasteiger partial charge in [0.2, 0.25) is 0 Å². The van der Waals surface area contributed by atoms with E-state index in [4.69, 9.17) is 4.74 Å². The number of unbranched alkanes of at least 4 members (excludes halogenated alkanes) is 6. The van der Waals surface area contributed by atoms with E-state index in [1.807, 2.05) is 0 Å². The third kappa shape index (κ3) is 6.27. The molecule has 0 saturated carbocycles. The molecule has 0 atom stereocenters. The summed E-state index contributed by atoms with van der Waals surface area (Å²) in [5.74, 6) is -0.462. The van der Waals surface area contributed by atoms with Gasteiger partial charge in [0.1, 0.15) is 11.3 Å². The minimum Gasteiger partial charge on any atom is -0.507 e. The second-order valence-corrected chi connectivity index (χ2v) is 4.77. The van der Waals surface area contributed by atoms with E-state index >= 15 is 0 Å². The van der Waals surface area contributed by atoms with E-state index in [-0.39, 0.29) is 11.3 Å². The van der Waals surface area contributed by atoms with Crippen LogP contribution >= 0.6 is 0 Å². The second-order valence-electron chi connectivity index (χ2n) is 4.77. The number of benzene rings is 1. The Morgan fingerprint density at radius 2 is 1.68 bits per heavy atom. The van der Waals surface area contributed by atoms with Gasteiger partial charge in [-0.25, -0.2) is 4.79 Å². The van der Waals surface area contributed by atoms with Crippen molar-refractivity contribution in [2.75, 3.05) is 6.61 Å². The molecule has 0 amide bonds. The summed E-state index contributed by atoms with van der Waals surface area (Å²) in [4.78, 5) is 11.7. The number of para-hydroxylation sites is 1. The number of esters is 1. The number of hydrogen-bond donors (Lipinski definition) is 1. The van der Waals surface area contributed by atoms with Gasteiger partial charge < -0.3 is 9.84 Å². The van der Waals surface area contributed by atoms with Crippen molar-refractivity contribution >= 4 is 5.97 Å².